The number of benzene rings is 2. The van der Waals surface area contributed by atoms with Crippen molar-refractivity contribution >= 4 is 11.6 Å². The predicted octanol–water partition coefficient (Wildman–Crippen LogP) is 2.90. The predicted molar refractivity (Wildman–Crippen MR) is 90.7 cm³/mol. The molecule has 1 amide bonds. The van der Waals surface area contributed by atoms with E-state index in [4.69, 9.17) is 4.42 Å². The third kappa shape index (κ3) is 3.65. The van der Waals surface area contributed by atoms with E-state index in [1.54, 1.807) is 0 Å². The first-order chi connectivity index (χ1) is 11.9. The van der Waals surface area contributed by atoms with Crippen LogP contribution in [0.1, 0.15) is 11.1 Å². The van der Waals surface area contributed by atoms with Gasteiger partial charge in [-0.15, -0.1) is 5.10 Å². The molecular formula is C18H16FN3O3. The van der Waals surface area contributed by atoms with Gasteiger partial charge in [0.15, 0.2) is 0 Å². The normalized spacial score (nSPS) is 10.7. The van der Waals surface area contributed by atoms with Gasteiger partial charge in [0.05, 0.1) is 0 Å². The Hall–Kier alpha value is -3.22. The zero-order chi connectivity index (χ0) is 18.0. The van der Waals surface area contributed by atoms with Crippen LogP contribution in [0.25, 0.3) is 11.5 Å². The molecule has 0 fully saturated rings. The van der Waals surface area contributed by atoms with Crippen LogP contribution in [0, 0.1) is 19.7 Å². The van der Waals surface area contributed by atoms with Crippen molar-refractivity contribution in [2.75, 3.05) is 5.32 Å². The highest BCUT2D eigenvalue weighted by atomic mass is 19.1. The third-order valence-corrected chi connectivity index (χ3v) is 3.74. The fraction of sp³-hybridized carbons (Fsp3) is 0.167. The maximum atomic E-state index is 13.0. The van der Waals surface area contributed by atoms with E-state index in [1.807, 2.05) is 32.0 Å². The molecule has 1 aromatic heterocycles. The van der Waals surface area contributed by atoms with Gasteiger partial charge in [0.25, 0.3) is 0 Å². The largest absolute Gasteiger partial charge is 0.437 e. The second-order valence-corrected chi connectivity index (χ2v) is 5.65. The van der Waals surface area contributed by atoms with Crippen molar-refractivity contribution in [1.29, 1.82) is 0 Å². The highest BCUT2D eigenvalue weighted by Gasteiger charge is 2.14. The van der Waals surface area contributed by atoms with Crippen LogP contribution < -0.4 is 11.1 Å². The first-order valence-electron chi connectivity index (χ1n) is 7.64. The molecule has 7 heteroatoms. The lowest BCUT2D eigenvalue weighted by Crippen LogP contribution is -2.26. The van der Waals surface area contributed by atoms with Crippen molar-refractivity contribution in [1.82, 2.24) is 9.78 Å². The number of nitrogens with one attached hydrogen (secondary N) is 1. The number of aryl methyl sites for hydroxylation is 2. The number of halogens is 1. The summed E-state index contributed by atoms with van der Waals surface area (Å²) in [5.41, 5.74) is 3.01. The Morgan fingerprint density at radius 1 is 1.16 bits per heavy atom. The number of amides is 1. The Kier molecular flexibility index (Phi) is 4.47. The minimum Gasteiger partial charge on any atom is -0.388 e. The molecule has 0 unspecified atom stereocenters. The van der Waals surface area contributed by atoms with Crippen molar-refractivity contribution in [3.63, 3.8) is 0 Å². The zero-order valence-corrected chi connectivity index (χ0v) is 13.7. The summed E-state index contributed by atoms with van der Waals surface area (Å²) in [5.74, 6) is -1.52. The van der Waals surface area contributed by atoms with Crippen LogP contribution in [-0.2, 0) is 11.3 Å². The van der Waals surface area contributed by atoms with Crippen LogP contribution in [-0.4, -0.2) is 15.7 Å². The Bertz CT molecular complexity index is 954. The van der Waals surface area contributed by atoms with Gasteiger partial charge in [-0.05, 0) is 49.2 Å². The van der Waals surface area contributed by atoms with Crippen LogP contribution in [0.15, 0.2) is 51.7 Å². The summed E-state index contributed by atoms with van der Waals surface area (Å²) in [6.07, 6.45) is 0. The lowest BCUT2D eigenvalue weighted by molar-refractivity contribution is -0.117. The van der Waals surface area contributed by atoms with Gasteiger partial charge in [-0.2, -0.15) is 4.68 Å². The molecule has 25 heavy (non-hydrogen) atoms. The summed E-state index contributed by atoms with van der Waals surface area (Å²) < 4.78 is 18.9. The lowest BCUT2D eigenvalue weighted by atomic mass is 10.1. The number of rotatable bonds is 4. The fourth-order valence-electron chi connectivity index (χ4n) is 2.44. The second-order valence-electron chi connectivity index (χ2n) is 5.65. The molecule has 2 aromatic carbocycles. The zero-order valence-electron chi connectivity index (χ0n) is 13.7. The second kappa shape index (κ2) is 6.72. The number of anilines is 1. The van der Waals surface area contributed by atoms with Crippen LogP contribution in [0.4, 0.5) is 10.1 Å². The van der Waals surface area contributed by atoms with Gasteiger partial charge in [-0.1, -0.05) is 18.2 Å². The molecule has 0 spiro atoms. The third-order valence-electron chi connectivity index (χ3n) is 3.74. The summed E-state index contributed by atoms with van der Waals surface area (Å²) in [6.45, 7) is 3.49. The molecule has 128 valence electrons. The van der Waals surface area contributed by atoms with E-state index in [0.717, 1.165) is 15.8 Å². The summed E-state index contributed by atoms with van der Waals surface area (Å²) in [5, 5.41) is 6.77. The number of nitrogens with zero attached hydrogens (tertiary/aromatic N) is 2. The number of carbonyl (C=O) groups is 1. The molecule has 0 saturated carbocycles. The molecular weight excluding hydrogens is 325 g/mol. The molecule has 0 saturated heterocycles. The first-order valence-corrected chi connectivity index (χ1v) is 7.64. The summed E-state index contributed by atoms with van der Waals surface area (Å²) in [6, 6.07) is 11.0. The van der Waals surface area contributed by atoms with Gasteiger partial charge in [-0.3, -0.25) is 4.79 Å². The minimum absolute atomic E-state index is 0.0323. The molecule has 3 rings (SSSR count). The van der Waals surface area contributed by atoms with Crippen molar-refractivity contribution < 1.29 is 13.6 Å². The van der Waals surface area contributed by atoms with E-state index < -0.39 is 17.5 Å². The smallest absolute Gasteiger partial charge is 0.388 e. The van der Waals surface area contributed by atoms with Crippen LogP contribution >= 0.6 is 0 Å². The van der Waals surface area contributed by atoms with Crippen molar-refractivity contribution in [2.24, 2.45) is 0 Å². The Morgan fingerprint density at radius 3 is 2.44 bits per heavy atom. The number of hydrogen-bond acceptors (Lipinski definition) is 4. The van der Waals surface area contributed by atoms with Gasteiger partial charge >= 0.3 is 5.76 Å². The Morgan fingerprint density at radius 2 is 1.80 bits per heavy atom. The molecule has 6 nitrogen and oxygen atoms in total. The van der Waals surface area contributed by atoms with Gasteiger partial charge < -0.3 is 9.73 Å². The van der Waals surface area contributed by atoms with Gasteiger partial charge in [-0.25, -0.2) is 9.18 Å². The monoisotopic (exact) mass is 341 g/mol. The molecule has 1 N–H and O–H groups in total. The van der Waals surface area contributed by atoms with E-state index >= 15 is 0 Å². The average Bonchev–Trinajstić information content (AvgIpc) is 2.92. The minimum atomic E-state index is -0.754. The van der Waals surface area contributed by atoms with E-state index in [2.05, 4.69) is 10.4 Å². The molecule has 0 aliphatic heterocycles. The molecule has 3 aromatic rings. The Balaban J connectivity index is 1.78. The highest BCUT2D eigenvalue weighted by molar-refractivity contribution is 5.92. The highest BCUT2D eigenvalue weighted by Crippen LogP contribution is 2.19. The fourth-order valence-corrected chi connectivity index (χ4v) is 2.44. The van der Waals surface area contributed by atoms with E-state index in [1.165, 1.54) is 24.3 Å². The number of hydrogen-bond donors (Lipinski definition) is 1. The Labute approximate surface area is 142 Å². The summed E-state index contributed by atoms with van der Waals surface area (Å²) >= 11 is 0. The molecule has 0 aliphatic rings. The maximum Gasteiger partial charge on any atom is 0.437 e. The first kappa shape index (κ1) is 16.6. The molecule has 0 bridgehead atoms. The number of carbonyl (C=O) groups excluding carboxylic acids is 1. The van der Waals surface area contributed by atoms with Crippen LogP contribution in [0.2, 0.25) is 0 Å². The van der Waals surface area contributed by atoms with Crippen molar-refractivity contribution in [3.05, 3.63) is 70.0 Å². The summed E-state index contributed by atoms with van der Waals surface area (Å²) in [7, 11) is 0. The van der Waals surface area contributed by atoms with Crippen LogP contribution in [0.5, 0.6) is 0 Å². The molecule has 0 aliphatic carbocycles. The summed E-state index contributed by atoms with van der Waals surface area (Å²) in [4.78, 5) is 24.1. The maximum absolute atomic E-state index is 13.0. The topological polar surface area (TPSA) is 77.1 Å². The molecule has 0 atom stereocenters. The standard InChI is InChI=1S/C18H16FN3O3/c1-11-4-3-5-12(2)16(11)20-15(23)10-22-18(24)25-17(21-22)13-6-8-14(19)9-7-13/h3-9H,10H2,1-2H3,(H,20,23). The van der Waals surface area contributed by atoms with Crippen molar-refractivity contribution in [3.8, 4) is 11.5 Å². The molecule has 1 heterocycles. The average molecular weight is 341 g/mol. The SMILES string of the molecule is Cc1cccc(C)c1NC(=O)Cn1nc(-c2ccc(F)cc2)oc1=O. The van der Waals surface area contributed by atoms with E-state index in [0.29, 0.717) is 11.3 Å². The molecule has 0 radical (unpaired) electrons. The quantitative estimate of drug-likeness (QED) is 0.791. The number of para-hydroxylation sites is 1. The van der Waals surface area contributed by atoms with Crippen LogP contribution in [0.3, 0.4) is 0 Å². The lowest BCUT2D eigenvalue weighted by Gasteiger charge is -2.10. The number of aromatic nitrogens is 2. The van der Waals surface area contributed by atoms with Gasteiger partial charge in [0, 0.05) is 11.3 Å². The van der Waals surface area contributed by atoms with E-state index in [9.17, 15) is 14.0 Å². The van der Waals surface area contributed by atoms with E-state index in [-0.39, 0.29) is 12.4 Å². The van der Waals surface area contributed by atoms with Gasteiger partial charge in [0.2, 0.25) is 11.8 Å². The van der Waals surface area contributed by atoms with Crippen molar-refractivity contribution in [2.45, 2.75) is 20.4 Å². The van der Waals surface area contributed by atoms with Gasteiger partial charge in [0.1, 0.15) is 12.4 Å².